The van der Waals surface area contributed by atoms with Crippen molar-refractivity contribution in [1.29, 1.82) is 0 Å². The number of aliphatic imine (C=N–C) groups is 1. The topological polar surface area (TPSA) is 48.9 Å². The number of nitrogens with one attached hydrogen (secondary N) is 2. The van der Waals surface area contributed by atoms with Gasteiger partial charge in [-0.2, -0.15) is 0 Å². The Labute approximate surface area is 151 Å². The Kier molecular flexibility index (Phi) is 11.3. The molecule has 0 fully saturated rings. The number of hydrogen-bond acceptors (Lipinski definition) is 3. The van der Waals surface area contributed by atoms with Crippen LogP contribution < -0.4 is 10.6 Å². The van der Waals surface area contributed by atoms with Gasteiger partial charge in [-0.15, -0.1) is 0 Å². The fourth-order valence-electron chi connectivity index (χ4n) is 2.28. The normalized spacial score (nSPS) is 11.8. The van der Waals surface area contributed by atoms with Crippen LogP contribution in [0.2, 0.25) is 5.02 Å². The number of hydrogen-bond donors (Lipinski definition) is 2. The van der Waals surface area contributed by atoms with Crippen molar-refractivity contribution in [3.63, 3.8) is 0 Å². The van der Waals surface area contributed by atoms with Crippen molar-refractivity contribution in [1.82, 2.24) is 15.5 Å². The van der Waals surface area contributed by atoms with Crippen LogP contribution in [0.25, 0.3) is 0 Å². The highest BCUT2D eigenvalue weighted by atomic mass is 35.5. The zero-order valence-electron chi connectivity index (χ0n) is 15.1. The Morgan fingerprint density at radius 2 is 2.04 bits per heavy atom. The molecule has 1 rings (SSSR count). The van der Waals surface area contributed by atoms with Gasteiger partial charge in [-0.1, -0.05) is 29.8 Å². The summed E-state index contributed by atoms with van der Waals surface area (Å²) in [4.78, 5) is 6.90. The molecule has 0 aliphatic carbocycles. The number of likely N-dealkylation sites (N-methyl/N-ethyl adjacent to an activating group) is 1. The van der Waals surface area contributed by atoms with E-state index in [1.165, 1.54) is 0 Å². The first-order chi connectivity index (χ1) is 11.7. The maximum atomic E-state index is 6.18. The molecular formula is C18H31ClN4O. The molecule has 1 aromatic rings. The number of guanidine groups is 1. The van der Waals surface area contributed by atoms with Gasteiger partial charge in [-0.3, -0.25) is 4.99 Å². The van der Waals surface area contributed by atoms with E-state index in [4.69, 9.17) is 16.3 Å². The molecule has 1 aromatic carbocycles. The molecule has 0 atom stereocenters. The number of halogens is 1. The van der Waals surface area contributed by atoms with Crippen molar-refractivity contribution in [2.45, 2.75) is 19.8 Å². The van der Waals surface area contributed by atoms with Crippen LogP contribution >= 0.6 is 11.6 Å². The maximum absolute atomic E-state index is 6.18. The minimum atomic E-state index is 0.769. The van der Waals surface area contributed by atoms with Crippen LogP contribution in [0.1, 0.15) is 18.9 Å². The van der Waals surface area contributed by atoms with E-state index in [-0.39, 0.29) is 0 Å². The predicted octanol–water partition coefficient (Wildman–Crippen LogP) is 2.41. The molecule has 0 spiro atoms. The molecule has 0 bridgehead atoms. The number of nitrogens with zero attached hydrogens (tertiary/aromatic N) is 2. The van der Waals surface area contributed by atoms with Crippen molar-refractivity contribution in [3.8, 4) is 0 Å². The highest BCUT2D eigenvalue weighted by Gasteiger charge is 2.02. The molecule has 0 aliphatic heterocycles. The van der Waals surface area contributed by atoms with Crippen LogP contribution in [0, 0.1) is 0 Å². The van der Waals surface area contributed by atoms with Gasteiger partial charge in [0.15, 0.2) is 5.96 Å². The molecule has 0 aromatic heterocycles. The van der Waals surface area contributed by atoms with Crippen molar-refractivity contribution < 1.29 is 4.74 Å². The molecule has 136 valence electrons. The molecule has 2 N–H and O–H groups in total. The van der Waals surface area contributed by atoms with Crippen molar-refractivity contribution in [2.24, 2.45) is 4.99 Å². The molecule has 24 heavy (non-hydrogen) atoms. The van der Waals surface area contributed by atoms with Gasteiger partial charge in [0.2, 0.25) is 0 Å². The third-order valence-corrected chi connectivity index (χ3v) is 4.00. The minimum absolute atomic E-state index is 0.769. The standard InChI is InChI=1S/C18H31ClN4O/c1-4-20-18(22-12-14-23(2)13-7-15-24-3)21-11-10-16-8-5-6-9-17(16)19/h5-6,8-9H,4,7,10-15H2,1-3H3,(H2,20,21,22). The SMILES string of the molecule is CCNC(=NCCN(C)CCCOC)NCCc1ccccc1Cl. The summed E-state index contributed by atoms with van der Waals surface area (Å²) < 4.78 is 5.07. The number of methoxy groups -OCH3 is 1. The Bertz CT molecular complexity index is 482. The zero-order chi connectivity index (χ0) is 17.6. The summed E-state index contributed by atoms with van der Waals surface area (Å²) in [6.07, 6.45) is 1.92. The highest BCUT2D eigenvalue weighted by molar-refractivity contribution is 6.31. The summed E-state index contributed by atoms with van der Waals surface area (Å²) >= 11 is 6.18. The van der Waals surface area contributed by atoms with Crippen LogP contribution in [0.15, 0.2) is 29.3 Å². The number of ether oxygens (including phenoxy) is 1. The summed E-state index contributed by atoms with van der Waals surface area (Å²) in [6, 6.07) is 7.95. The minimum Gasteiger partial charge on any atom is -0.385 e. The van der Waals surface area contributed by atoms with Crippen molar-refractivity contribution in [2.75, 3.05) is 53.5 Å². The van der Waals surface area contributed by atoms with E-state index in [9.17, 15) is 0 Å². The first-order valence-electron chi connectivity index (χ1n) is 8.60. The van der Waals surface area contributed by atoms with E-state index in [2.05, 4.69) is 40.6 Å². The van der Waals surface area contributed by atoms with Gasteiger partial charge in [0.1, 0.15) is 0 Å². The first kappa shape index (κ1) is 20.7. The molecule has 6 heteroatoms. The number of benzene rings is 1. The summed E-state index contributed by atoms with van der Waals surface area (Å²) in [5, 5.41) is 7.46. The lowest BCUT2D eigenvalue weighted by Crippen LogP contribution is -2.39. The quantitative estimate of drug-likeness (QED) is 0.364. The molecule has 0 radical (unpaired) electrons. The van der Waals surface area contributed by atoms with Crippen LogP contribution in [0.3, 0.4) is 0 Å². The third-order valence-electron chi connectivity index (χ3n) is 3.63. The monoisotopic (exact) mass is 354 g/mol. The second-order valence-corrected chi connectivity index (χ2v) is 6.09. The third kappa shape index (κ3) is 9.11. The van der Waals surface area contributed by atoms with Crippen LogP contribution in [-0.4, -0.2) is 64.3 Å². The lowest BCUT2D eigenvalue weighted by atomic mass is 10.1. The average Bonchev–Trinajstić information content (AvgIpc) is 2.57. The van der Waals surface area contributed by atoms with Gasteiger partial charge >= 0.3 is 0 Å². The number of rotatable bonds is 11. The fraction of sp³-hybridized carbons (Fsp3) is 0.611. The van der Waals surface area contributed by atoms with E-state index in [1.807, 2.05) is 18.2 Å². The van der Waals surface area contributed by atoms with Gasteiger partial charge in [-0.25, -0.2) is 0 Å². The van der Waals surface area contributed by atoms with E-state index in [0.29, 0.717) is 0 Å². The summed E-state index contributed by atoms with van der Waals surface area (Å²) in [5.41, 5.74) is 1.15. The lowest BCUT2D eigenvalue weighted by molar-refractivity contribution is 0.180. The molecule has 0 saturated heterocycles. The molecule has 0 saturated carbocycles. The Balaban J connectivity index is 2.33. The molecule has 0 amide bonds. The van der Waals surface area contributed by atoms with Gasteiger partial charge in [0, 0.05) is 44.9 Å². The second-order valence-electron chi connectivity index (χ2n) is 5.68. The smallest absolute Gasteiger partial charge is 0.191 e. The van der Waals surface area contributed by atoms with Gasteiger partial charge < -0.3 is 20.3 Å². The maximum Gasteiger partial charge on any atom is 0.191 e. The van der Waals surface area contributed by atoms with Crippen LogP contribution in [0.5, 0.6) is 0 Å². The van der Waals surface area contributed by atoms with E-state index in [0.717, 1.165) is 68.7 Å². The molecule has 0 heterocycles. The molecule has 0 unspecified atom stereocenters. The van der Waals surface area contributed by atoms with Crippen molar-refractivity contribution >= 4 is 17.6 Å². The van der Waals surface area contributed by atoms with E-state index in [1.54, 1.807) is 7.11 Å². The largest absolute Gasteiger partial charge is 0.385 e. The van der Waals surface area contributed by atoms with Gasteiger partial charge in [-0.05, 0) is 38.4 Å². The summed E-state index contributed by atoms with van der Waals surface area (Å²) in [5.74, 6) is 0.856. The van der Waals surface area contributed by atoms with Gasteiger partial charge in [0.05, 0.1) is 6.54 Å². The molecule has 0 aliphatic rings. The van der Waals surface area contributed by atoms with E-state index < -0.39 is 0 Å². The second kappa shape index (κ2) is 13.0. The fourth-order valence-corrected chi connectivity index (χ4v) is 2.51. The van der Waals surface area contributed by atoms with Crippen LogP contribution in [0.4, 0.5) is 0 Å². The van der Waals surface area contributed by atoms with Crippen molar-refractivity contribution in [3.05, 3.63) is 34.9 Å². The Morgan fingerprint density at radius 1 is 1.25 bits per heavy atom. The first-order valence-corrected chi connectivity index (χ1v) is 8.98. The Morgan fingerprint density at radius 3 is 2.75 bits per heavy atom. The lowest BCUT2D eigenvalue weighted by Gasteiger charge is -2.16. The highest BCUT2D eigenvalue weighted by Crippen LogP contribution is 2.14. The van der Waals surface area contributed by atoms with Gasteiger partial charge in [0.25, 0.3) is 0 Å². The Hall–Kier alpha value is -1.30. The molecular weight excluding hydrogens is 324 g/mol. The zero-order valence-corrected chi connectivity index (χ0v) is 15.9. The average molecular weight is 355 g/mol. The van der Waals surface area contributed by atoms with E-state index >= 15 is 0 Å². The predicted molar refractivity (Wildman–Crippen MR) is 103 cm³/mol. The summed E-state index contributed by atoms with van der Waals surface area (Å²) in [6.45, 7) is 7.26. The summed E-state index contributed by atoms with van der Waals surface area (Å²) in [7, 11) is 3.85. The van der Waals surface area contributed by atoms with Crippen LogP contribution in [-0.2, 0) is 11.2 Å². The molecule has 5 nitrogen and oxygen atoms in total.